The molecule has 0 bridgehead atoms. The molecular weight excluding hydrogens is 212 g/mol. The van der Waals surface area contributed by atoms with Crippen molar-refractivity contribution in [3.63, 3.8) is 0 Å². The fourth-order valence-electron chi connectivity index (χ4n) is 1.57. The minimum absolute atomic E-state index is 0.0149. The first kappa shape index (κ1) is 12.6. The molecule has 0 aromatic rings. The van der Waals surface area contributed by atoms with Crippen LogP contribution in [0, 0.1) is 5.92 Å². The summed E-state index contributed by atoms with van der Waals surface area (Å²) in [5.41, 5.74) is 5.87. The van der Waals surface area contributed by atoms with Gasteiger partial charge in [0.25, 0.3) is 0 Å². The number of carbonyl (C=O) groups is 1. The summed E-state index contributed by atoms with van der Waals surface area (Å²) in [4.78, 5) is 13.7. The molecular formula is C10H20N2O2S. The lowest BCUT2D eigenvalue weighted by atomic mass is 9.99. The number of amides is 1. The summed E-state index contributed by atoms with van der Waals surface area (Å²) in [6, 6.07) is -0.401. The summed E-state index contributed by atoms with van der Waals surface area (Å²) in [7, 11) is -0.738. The third kappa shape index (κ3) is 3.28. The molecule has 15 heavy (non-hydrogen) atoms. The minimum Gasteiger partial charge on any atom is -0.339 e. The molecule has 88 valence electrons. The number of nitrogens with zero attached hydrogens (tertiary/aromatic N) is 1. The van der Waals surface area contributed by atoms with Gasteiger partial charge in [-0.15, -0.1) is 0 Å². The average Bonchev–Trinajstić information content (AvgIpc) is 2.27. The maximum absolute atomic E-state index is 11.9. The molecule has 1 saturated heterocycles. The average molecular weight is 232 g/mol. The molecule has 1 aliphatic heterocycles. The van der Waals surface area contributed by atoms with Gasteiger partial charge in [-0.3, -0.25) is 9.00 Å². The van der Waals surface area contributed by atoms with Gasteiger partial charge in [-0.2, -0.15) is 0 Å². The molecule has 1 amide bonds. The van der Waals surface area contributed by atoms with Crippen molar-refractivity contribution >= 4 is 16.7 Å². The van der Waals surface area contributed by atoms with Crippen LogP contribution in [0.2, 0.25) is 0 Å². The van der Waals surface area contributed by atoms with Gasteiger partial charge < -0.3 is 10.6 Å². The first-order chi connectivity index (χ1) is 7.06. The fraction of sp³-hybridized carbons (Fsp3) is 0.900. The van der Waals surface area contributed by atoms with Crippen molar-refractivity contribution in [2.75, 3.05) is 24.6 Å². The van der Waals surface area contributed by atoms with Gasteiger partial charge >= 0.3 is 0 Å². The van der Waals surface area contributed by atoms with E-state index in [4.69, 9.17) is 5.73 Å². The summed E-state index contributed by atoms with van der Waals surface area (Å²) < 4.78 is 11.1. The summed E-state index contributed by atoms with van der Waals surface area (Å²) in [6.45, 7) is 5.21. The van der Waals surface area contributed by atoms with Crippen molar-refractivity contribution in [1.82, 2.24) is 4.90 Å². The quantitative estimate of drug-likeness (QED) is 0.742. The maximum Gasteiger partial charge on any atom is 0.239 e. The number of carbonyl (C=O) groups excluding carboxylic acids is 1. The zero-order chi connectivity index (χ0) is 11.4. The highest BCUT2D eigenvalue weighted by Crippen LogP contribution is 2.10. The van der Waals surface area contributed by atoms with Gasteiger partial charge in [-0.05, 0) is 5.92 Å². The Morgan fingerprint density at radius 1 is 1.47 bits per heavy atom. The van der Waals surface area contributed by atoms with E-state index in [2.05, 4.69) is 0 Å². The molecule has 2 atom stereocenters. The Labute approximate surface area is 93.7 Å². The van der Waals surface area contributed by atoms with Crippen molar-refractivity contribution in [2.24, 2.45) is 11.7 Å². The van der Waals surface area contributed by atoms with Gasteiger partial charge in [-0.1, -0.05) is 20.3 Å². The standard InChI is InChI=1S/C10H20N2O2S/c1-3-8(2)9(11)10(13)12-4-6-15(14)7-5-12/h8-9H,3-7,11H2,1-2H3. The van der Waals surface area contributed by atoms with Crippen LogP contribution in [-0.2, 0) is 15.6 Å². The van der Waals surface area contributed by atoms with Crippen molar-refractivity contribution in [3.05, 3.63) is 0 Å². The topological polar surface area (TPSA) is 63.4 Å². The number of nitrogens with two attached hydrogens (primary N) is 1. The Morgan fingerprint density at radius 2 is 2.00 bits per heavy atom. The Balaban J connectivity index is 2.49. The number of hydrogen-bond acceptors (Lipinski definition) is 3. The Bertz CT molecular complexity index is 248. The predicted molar refractivity (Wildman–Crippen MR) is 61.9 cm³/mol. The SMILES string of the molecule is CCC(C)C(N)C(=O)N1CCS(=O)CC1. The van der Waals surface area contributed by atoms with E-state index in [0.29, 0.717) is 24.6 Å². The molecule has 2 unspecified atom stereocenters. The molecule has 1 aliphatic rings. The third-order valence-corrected chi connectivity index (χ3v) is 4.31. The van der Waals surface area contributed by atoms with Crippen LogP contribution in [0.5, 0.6) is 0 Å². The fourth-order valence-corrected chi connectivity index (χ4v) is 2.62. The van der Waals surface area contributed by atoms with Crippen LogP contribution in [0.25, 0.3) is 0 Å². The van der Waals surface area contributed by atoms with E-state index in [-0.39, 0.29) is 11.8 Å². The van der Waals surface area contributed by atoms with Crippen molar-refractivity contribution < 1.29 is 9.00 Å². The normalized spacial score (nSPS) is 22.5. The summed E-state index contributed by atoms with van der Waals surface area (Å²) in [5.74, 6) is 1.42. The lowest BCUT2D eigenvalue weighted by Gasteiger charge is -2.30. The molecule has 0 radical (unpaired) electrons. The molecule has 0 aromatic heterocycles. The first-order valence-electron chi connectivity index (χ1n) is 5.45. The number of rotatable bonds is 3. The monoisotopic (exact) mass is 232 g/mol. The van der Waals surface area contributed by atoms with Crippen LogP contribution >= 0.6 is 0 Å². The van der Waals surface area contributed by atoms with E-state index in [9.17, 15) is 9.00 Å². The van der Waals surface area contributed by atoms with Crippen LogP contribution in [0.15, 0.2) is 0 Å². The van der Waals surface area contributed by atoms with E-state index >= 15 is 0 Å². The zero-order valence-corrected chi connectivity index (χ0v) is 10.3. The molecule has 0 spiro atoms. The zero-order valence-electron chi connectivity index (χ0n) is 9.44. The highest BCUT2D eigenvalue weighted by atomic mass is 32.2. The van der Waals surface area contributed by atoms with E-state index < -0.39 is 16.8 Å². The van der Waals surface area contributed by atoms with Gasteiger partial charge in [0.1, 0.15) is 0 Å². The Kier molecular flexibility index (Phi) is 4.73. The molecule has 0 aromatic carbocycles. The van der Waals surface area contributed by atoms with Crippen LogP contribution in [0.4, 0.5) is 0 Å². The third-order valence-electron chi connectivity index (χ3n) is 3.03. The van der Waals surface area contributed by atoms with Crippen LogP contribution < -0.4 is 5.73 Å². The van der Waals surface area contributed by atoms with Crippen LogP contribution in [-0.4, -0.2) is 45.7 Å². The van der Waals surface area contributed by atoms with Gasteiger partial charge in [0.2, 0.25) is 5.91 Å². The van der Waals surface area contributed by atoms with E-state index in [1.165, 1.54) is 0 Å². The second-order valence-electron chi connectivity index (χ2n) is 4.08. The molecule has 2 N–H and O–H groups in total. The Morgan fingerprint density at radius 3 is 2.47 bits per heavy atom. The summed E-state index contributed by atoms with van der Waals surface area (Å²) in [6.07, 6.45) is 0.909. The van der Waals surface area contributed by atoms with Crippen molar-refractivity contribution in [1.29, 1.82) is 0 Å². The Hall–Kier alpha value is -0.420. The molecule has 5 heteroatoms. The highest BCUT2D eigenvalue weighted by Gasteiger charge is 2.27. The largest absolute Gasteiger partial charge is 0.339 e. The molecule has 4 nitrogen and oxygen atoms in total. The first-order valence-corrected chi connectivity index (χ1v) is 6.94. The van der Waals surface area contributed by atoms with Gasteiger partial charge in [0, 0.05) is 35.4 Å². The van der Waals surface area contributed by atoms with Crippen LogP contribution in [0.1, 0.15) is 20.3 Å². The predicted octanol–water partition coefficient (Wildman–Crippen LogP) is -0.0493. The number of hydrogen-bond donors (Lipinski definition) is 1. The van der Waals surface area contributed by atoms with Crippen molar-refractivity contribution in [3.8, 4) is 0 Å². The smallest absolute Gasteiger partial charge is 0.239 e. The van der Waals surface area contributed by atoms with Gasteiger partial charge in [0.05, 0.1) is 6.04 Å². The maximum atomic E-state index is 11.9. The summed E-state index contributed by atoms with van der Waals surface area (Å²) >= 11 is 0. The second kappa shape index (κ2) is 5.61. The van der Waals surface area contributed by atoms with E-state index in [0.717, 1.165) is 6.42 Å². The van der Waals surface area contributed by atoms with E-state index in [1.54, 1.807) is 4.90 Å². The molecule has 0 saturated carbocycles. The second-order valence-corrected chi connectivity index (χ2v) is 5.78. The minimum atomic E-state index is -0.738. The summed E-state index contributed by atoms with van der Waals surface area (Å²) in [5, 5.41) is 0. The molecule has 1 fully saturated rings. The lowest BCUT2D eigenvalue weighted by molar-refractivity contribution is -0.133. The van der Waals surface area contributed by atoms with Crippen LogP contribution in [0.3, 0.4) is 0 Å². The molecule has 0 aliphatic carbocycles. The lowest BCUT2D eigenvalue weighted by Crippen LogP contribution is -2.51. The van der Waals surface area contributed by atoms with Crippen molar-refractivity contribution in [2.45, 2.75) is 26.3 Å². The van der Waals surface area contributed by atoms with Gasteiger partial charge in [-0.25, -0.2) is 0 Å². The molecule has 1 rings (SSSR count). The highest BCUT2D eigenvalue weighted by molar-refractivity contribution is 7.85. The van der Waals surface area contributed by atoms with Gasteiger partial charge in [0.15, 0.2) is 0 Å². The van der Waals surface area contributed by atoms with E-state index in [1.807, 2.05) is 13.8 Å². The molecule has 1 heterocycles.